The first kappa shape index (κ1) is 17.2. The molecule has 1 aliphatic rings. The van der Waals surface area contributed by atoms with Crippen LogP contribution in [0.3, 0.4) is 0 Å². The van der Waals surface area contributed by atoms with E-state index in [2.05, 4.69) is 11.9 Å². The Morgan fingerprint density at radius 1 is 1.10 bits per heavy atom. The Balaban J connectivity index is 2.04. The molecule has 0 aromatic rings. The number of aliphatic imine (C=N–C) groups is 1. The molecular weight excluding hydrogens is 252 g/mol. The molecule has 0 spiro atoms. The van der Waals surface area contributed by atoms with E-state index in [0.29, 0.717) is 4.48 Å². The van der Waals surface area contributed by atoms with Crippen molar-refractivity contribution in [3.8, 4) is 0 Å². The molecule has 0 aliphatic carbocycles. The second kappa shape index (κ2) is 9.92. The molecule has 0 saturated heterocycles. The van der Waals surface area contributed by atoms with Gasteiger partial charge < -0.3 is 9.90 Å². The van der Waals surface area contributed by atoms with Crippen LogP contribution in [0.4, 0.5) is 0 Å². The average Bonchev–Trinajstić information content (AvgIpc) is 2.85. The summed E-state index contributed by atoms with van der Waals surface area (Å²) in [4.78, 5) is 15.0. The van der Waals surface area contributed by atoms with Crippen LogP contribution in [0.15, 0.2) is 4.99 Å². The number of rotatable bonds is 12. The first-order valence-electron chi connectivity index (χ1n) is 8.25. The third kappa shape index (κ3) is 7.04. The highest BCUT2D eigenvalue weighted by Crippen LogP contribution is 2.14. The van der Waals surface area contributed by atoms with Crippen LogP contribution in [0.5, 0.6) is 0 Å². The average molecular weight is 282 g/mol. The van der Waals surface area contributed by atoms with E-state index in [9.17, 15) is 9.90 Å². The predicted molar refractivity (Wildman–Crippen MR) is 80.5 cm³/mol. The van der Waals surface area contributed by atoms with Gasteiger partial charge in [0, 0.05) is 0 Å². The predicted octanol–water partition coefficient (Wildman–Crippen LogP) is 2.13. The van der Waals surface area contributed by atoms with Crippen molar-refractivity contribution in [1.29, 1.82) is 0 Å². The Bertz CT molecular complexity index is 305. The van der Waals surface area contributed by atoms with Crippen LogP contribution in [-0.4, -0.2) is 43.0 Å². The molecule has 0 saturated carbocycles. The van der Waals surface area contributed by atoms with Crippen LogP contribution >= 0.6 is 0 Å². The van der Waals surface area contributed by atoms with Gasteiger partial charge in [-0.1, -0.05) is 51.9 Å². The number of aliphatic carboxylic acids is 1. The van der Waals surface area contributed by atoms with E-state index in [4.69, 9.17) is 0 Å². The summed E-state index contributed by atoms with van der Waals surface area (Å²) in [6.07, 6.45) is 13.5. The zero-order chi connectivity index (χ0) is 14.7. The highest BCUT2D eigenvalue weighted by molar-refractivity contribution is 5.67. The summed E-state index contributed by atoms with van der Waals surface area (Å²) >= 11 is 0. The minimum absolute atomic E-state index is 0.0838. The van der Waals surface area contributed by atoms with E-state index in [0.717, 1.165) is 26.1 Å². The third-order valence-electron chi connectivity index (χ3n) is 4.15. The first-order valence-corrected chi connectivity index (χ1v) is 8.25. The Kier molecular flexibility index (Phi) is 8.51. The lowest BCUT2D eigenvalue weighted by molar-refractivity contribution is -0.823. The van der Waals surface area contributed by atoms with E-state index < -0.39 is 5.97 Å². The van der Waals surface area contributed by atoms with Gasteiger partial charge in [-0.25, -0.2) is 4.99 Å². The van der Waals surface area contributed by atoms with Gasteiger partial charge in [-0.2, -0.15) is 0 Å². The van der Waals surface area contributed by atoms with Gasteiger partial charge in [0.05, 0.1) is 19.1 Å². The SMILES string of the molecule is CCCCCCCCCCC[N+]1(CC(=O)[O-])C=NCC1. The van der Waals surface area contributed by atoms with E-state index in [1.807, 2.05) is 6.34 Å². The quantitative estimate of drug-likeness (QED) is 0.407. The monoisotopic (exact) mass is 282 g/mol. The lowest BCUT2D eigenvalue weighted by atomic mass is 10.1. The third-order valence-corrected chi connectivity index (χ3v) is 4.15. The van der Waals surface area contributed by atoms with Crippen molar-refractivity contribution < 1.29 is 14.4 Å². The maximum atomic E-state index is 10.8. The van der Waals surface area contributed by atoms with Gasteiger partial charge in [-0.15, -0.1) is 0 Å². The van der Waals surface area contributed by atoms with Crippen LogP contribution in [0.1, 0.15) is 64.7 Å². The molecule has 4 heteroatoms. The summed E-state index contributed by atoms with van der Waals surface area (Å²) in [5.74, 6) is -0.964. The highest BCUT2D eigenvalue weighted by atomic mass is 16.4. The van der Waals surface area contributed by atoms with Crippen molar-refractivity contribution >= 4 is 12.3 Å². The highest BCUT2D eigenvalue weighted by Gasteiger charge is 2.28. The first-order chi connectivity index (χ1) is 9.68. The lowest BCUT2D eigenvalue weighted by Crippen LogP contribution is -2.52. The van der Waals surface area contributed by atoms with Crippen molar-refractivity contribution in [3.63, 3.8) is 0 Å². The molecule has 1 unspecified atom stereocenters. The van der Waals surface area contributed by atoms with E-state index in [1.54, 1.807) is 0 Å². The van der Waals surface area contributed by atoms with Gasteiger partial charge in [-0.05, 0) is 12.8 Å². The number of hydrogen-bond donors (Lipinski definition) is 0. The maximum absolute atomic E-state index is 10.8. The number of unbranched alkanes of at least 4 members (excludes halogenated alkanes) is 8. The molecule has 0 bridgehead atoms. The number of carbonyl (C=O) groups is 1. The van der Waals surface area contributed by atoms with Gasteiger partial charge in [0.2, 0.25) is 0 Å². The summed E-state index contributed by atoms with van der Waals surface area (Å²) in [6.45, 7) is 4.80. The summed E-state index contributed by atoms with van der Waals surface area (Å²) < 4.78 is 0.499. The fraction of sp³-hybridized carbons (Fsp3) is 0.875. The van der Waals surface area contributed by atoms with Crippen molar-refractivity contribution in [2.45, 2.75) is 64.7 Å². The van der Waals surface area contributed by atoms with Crippen LogP contribution in [0.25, 0.3) is 0 Å². The summed E-state index contributed by atoms with van der Waals surface area (Å²) in [6, 6.07) is 0. The molecule has 4 nitrogen and oxygen atoms in total. The fourth-order valence-corrected chi connectivity index (χ4v) is 2.91. The van der Waals surface area contributed by atoms with Gasteiger partial charge in [-0.3, -0.25) is 4.48 Å². The van der Waals surface area contributed by atoms with Crippen LogP contribution in [-0.2, 0) is 4.79 Å². The number of carbonyl (C=O) groups excluding carboxylic acids is 1. The van der Waals surface area contributed by atoms with Crippen molar-refractivity contribution in [3.05, 3.63) is 0 Å². The molecular formula is C16H30N2O2. The van der Waals surface area contributed by atoms with Gasteiger partial charge in [0.1, 0.15) is 13.1 Å². The van der Waals surface area contributed by atoms with Crippen molar-refractivity contribution in [1.82, 2.24) is 0 Å². The molecule has 0 fully saturated rings. The lowest BCUT2D eigenvalue weighted by Gasteiger charge is -2.30. The molecule has 1 heterocycles. The minimum Gasteiger partial charge on any atom is -0.544 e. The molecule has 1 atom stereocenters. The van der Waals surface area contributed by atoms with Crippen molar-refractivity contribution in [2.75, 3.05) is 26.2 Å². The molecule has 1 aliphatic heterocycles. The normalized spacial score (nSPS) is 21.4. The second-order valence-corrected chi connectivity index (χ2v) is 6.05. The van der Waals surface area contributed by atoms with Gasteiger partial charge in [0.15, 0.2) is 6.34 Å². The molecule has 0 N–H and O–H groups in total. The number of carboxylic acids is 1. The molecule has 0 aromatic carbocycles. The number of quaternary nitrogens is 1. The van der Waals surface area contributed by atoms with Crippen LogP contribution < -0.4 is 5.11 Å². The zero-order valence-electron chi connectivity index (χ0n) is 13.0. The summed E-state index contributed by atoms with van der Waals surface area (Å²) in [5.41, 5.74) is 0. The Labute approximate surface area is 123 Å². The fourth-order valence-electron chi connectivity index (χ4n) is 2.91. The zero-order valence-corrected chi connectivity index (χ0v) is 13.0. The van der Waals surface area contributed by atoms with Gasteiger partial charge >= 0.3 is 0 Å². The Morgan fingerprint density at radius 2 is 1.70 bits per heavy atom. The van der Waals surface area contributed by atoms with E-state index in [1.165, 1.54) is 51.4 Å². The molecule has 0 radical (unpaired) electrons. The Morgan fingerprint density at radius 3 is 2.20 bits per heavy atom. The number of hydrogen-bond acceptors (Lipinski definition) is 3. The van der Waals surface area contributed by atoms with Crippen LogP contribution in [0.2, 0.25) is 0 Å². The molecule has 116 valence electrons. The molecule has 0 aromatic heterocycles. The second-order valence-electron chi connectivity index (χ2n) is 6.05. The molecule has 0 amide bonds. The summed E-state index contributed by atoms with van der Waals surface area (Å²) in [5, 5.41) is 10.8. The van der Waals surface area contributed by atoms with E-state index >= 15 is 0 Å². The largest absolute Gasteiger partial charge is 0.544 e. The van der Waals surface area contributed by atoms with Crippen LogP contribution in [0, 0.1) is 0 Å². The summed E-state index contributed by atoms with van der Waals surface area (Å²) in [7, 11) is 0. The number of nitrogens with zero attached hydrogens (tertiary/aromatic N) is 2. The number of carboxylic acid groups (broad SMARTS) is 1. The van der Waals surface area contributed by atoms with Crippen molar-refractivity contribution in [2.24, 2.45) is 4.99 Å². The molecule has 20 heavy (non-hydrogen) atoms. The van der Waals surface area contributed by atoms with E-state index in [-0.39, 0.29) is 6.54 Å². The topological polar surface area (TPSA) is 52.5 Å². The smallest absolute Gasteiger partial charge is 0.185 e. The Hall–Kier alpha value is -0.900. The molecule has 1 rings (SSSR count). The maximum Gasteiger partial charge on any atom is 0.185 e. The van der Waals surface area contributed by atoms with Gasteiger partial charge in [0.25, 0.3) is 0 Å². The minimum atomic E-state index is -0.964. The standard InChI is InChI=1S/C16H30N2O2/c1-2-3-4-5-6-7-8-9-10-12-18(14-16(19)20)13-11-17-15-18/h15H,2-14H2,1H3.